The number of rotatable bonds is 6. The van der Waals surface area contributed by atoms with E-state index in [2.05, 4.69) is 196 Å². The number of benzene rings is 6. The fourth-order valence-electron chi connectivity index (χ4n) is 11.2. The Kier molecular flexibility index (Phi) is 7.19. The fourth-order valence-corrected chi connectivity index (χ4v) is 11.2. The molecule has 0 N–H and O–H groups in total. The molecular formula is C56H44N4. The van der Waals surface area contributed by atoms with Gasteiger partial charge in [0.05, 0.1) is 39.5 Å². The Morgan fingerprint density at radius 1 is 0.500 bits per heavy atom. The van der Waals surface area contributed by atoms with E-state index >= 15 is 0 Å². The maximum Gasteiger partial charge on any atom is 0.0641 e. The van der Waals surface area contributed by atoms with Gasteiger partial charge < -0.3 is 18.6 Å². The van der Waals surface area contributed by atoms with Crippen LogP contribution in [0.2, 0.25) is 0 Å². The van der Waals surface area contributed by atoms with Gasteiger partial charge >= 0.3 is 0 Å². The van der Waals surface area contributed by atoms with E-state index in [0.29, 0.717) is 0 Å². The summed E-state index contributed by atoms with van der Waals surface area (Å²) in [6, 6.07) is 43.5. The third-order valence-electron chi connectivity index (χ3n) is 13.7. The van der Waals surface area contributed by atoms with Gasteiger partial charge in [-0.05, 0) is 106 Å². The van der Waals surface area contributed by atoms with Gasteiger partial charge in [-0.1, -0.05) is 115 Å². The minimum atomic E-state index is 0.226. The van der Waals surface area contributed by atoms with Crippen LogP contribution in [-0.4, -0.2) is 14.8 Å². The van der Waals surface area contributed by atoms with E-state index in [9.17, 15) is 0 Å². The molecule has 3 aliphatic carbocycles. The number of hydrogen-bond acceptors (Lipinski definition) is 2. The second-order valence-corrected chi connectivity index (χ2v) is 17.1. The third kappa shape index (κ3) is 4.56. The van der Waals surface area contributed by atoms with Gasteiger partial charge in [0.2, 0.25) is 0 Å². The number of hydrogen-bond donors (Lipinski definition) is 0. The highest BCUT2D eigenvalue weighted by molar-refractivity contribution is 6.25. The molecule has 0 amide bonds. The van der Waals surface area contributed by atoms with Crippen molar-refractivity contribution in [2.75, 3.05) is 9.80 Å². The summed E-state index contributed by atoms with van der Waals surface area (Å²) in [5.41, 5.74) is 13.9. The second kappa shape index (κ2) is 12.7. The first kappa shape index (κ1) is 33.9. The Morgan fingerprint density at radius 3 is 1.65 bits per heavy atom. The van der Waals surface area contributed by atoms with Crippen LogP contribution in [0.25, 0.3) is 78.7 Å². The summed E-state index contributed by atoms with van der Waals surface area (Å²) in [6.07, 6.45) is 24.2. The molecule has 1 unspecified atom stereocenters. The highest BCUT2D eigenvalue weighted by atomic mass is 15.2. The lowest BCUT2D eigenvalue weighted by Crippen LogP contribution is -2.32. The smallest absolute Gasteiger partial charge is 0.0641 e. The van der Waals surface area contributed by atoms with Crippen LogP contribution in [-0.2, 0) is 0 Å². The zero-order valence-electron chi connectivity index (χ0n) is 34.0. The van der Waals surface area contributed by atoms with Crippen molar-refractivity contribution in [2.45, 2.75) is 52.0 Å². The minimum Gasteiger partial charge on any atom is -0.333 e. The molecule has 0 aliphatic heterocycles. The van der Waals surface area contributed by atoms with Gasteiger partial charge in [0.25, 0.3) is 0 Å². The third-order valence-corrected chi connectivity index (χ3v) is 13.7. The molecule has 288 valence electrons. The molecule has 4 aromatic heterocycles. The Balaban J connectivity index is 1.13. The van der Waals surface area contributed by atoms with E-state index in [-0.39, 0.29) is 6.04 Å². The first-order valence-electron chi connectivity index (χ1n) is 21.7. The normalized spacial score (nSPS) is 16.1. The summed E-state index contributed by atoms with van der Waals surface area (Å²) in [5.74, 6) is 0. The summed E-state index contributed by atoms with van der Waals surface area (Å²) in [4.78, 5) is 5.09. The molecule has 1 atom stereocenters. The molecule has 0 saturated heterocycles. The Hall–Kier alpha value is -7.04. The van der Waals surface area contributed by atoms with Gasteiger partial charge in [0.15, 0.2) is 0 Å². The van der Waals surface area contributed by atoms with E-state index in [4.69, 9.17) is 0 Å². The van der Waals surface area contributed by atoms with Crippen LogP contribution < -0.4 is 30.9 Å². The molecule has 0 fully saturated rings. The van der Waals surface area contributed by atoms with Crippen molar-refractivity contribution in [2.24, 2.45) is 0 Å². The van der Waals surface area contributed by atoms with Gasteiger partial charge in [-0.25, -0.2) is 0 Å². The van der Waals surface area contributed by atoms with E-state index < -0.39 is 0 Å². The summed E-state index contributed by atoms with van der Waals surface area (Å²) in [6.45, 7) is 4.48. The number of aromatic nitrogens is 2. The number of aryl methyl sites for hydroxylation is 2. The summed E-state index contributed by atoms with van der Waals surface area (Å²) >= 11 is 0. The van der Waals surface area contributed by atoms with Crippen molar-refractivity contribution in [1.29, 1.82) is 0 Å². The van der Waals surface area contributed by atoms with Gasteiger partial charge in [0, 0.05) is 70.5 Å². The van der Waals surface area contributed by atoms with Crippen LogP contribution in [0.15, 0.2) is 140 Å². The standard InChI is InChI=1S/C56H44N4/c1-35-17-9-13-25-45(35)57(37-19-5-3-6-20-37)49-31-29-39-43-33-52-44(34-51(43)59-47-27-15-11-23-41(47)53(49)55(39)59)40-30-32-50(54-42-24-12-16-28-48(42)60(52)56(40)54)58(38-21-7-4-8-22-38)46-26-14-10-18-36(46)2/h3-10,13-14,17-21,23-34,38H,11-12,15-16,22H2,1-2H3. The number of fused-ring (bicyclic) bond motifs is 12. The molecule has 6 aromatic carbocycles. The van der Waals surface area contributed by atoms with Gasteiger partial charge in [0.1, 0.15) is 0 Å². The van der Waals surface area contributed by atoms with Crippen molar-refractivity contribution in [1.82, 2.24) is 8.80 Å². The lowest BCUT2D eigenvalue weighted by atomic mass is 9.99. The molecule has 0 bridgehead atoms. The zero-order valence-corrected chi connectivity index (χ0v) is 34.0. The number of allylic oxidation sites excluding steroid dienone is 2. The largest absolute Gasteiger partial charge is 0.333 e. The Labute approximate surface area is 348 Å². The molecule has 0 spiro atoms. The molecular weight excluding hydrogens is 729 g/mol. The molecule has 4 nitrogen and oxygen atoms in total. The molecule has 60 heavy (non-hydrogen) atoms. The minimum absolute atomic E-state index is 0.226. The summed E-state index contributed by atoms with van der Waals surface area (Å²) in [7, 11) is 0. The predicted octanol–water partition coefficient (Wildman–Crippen LogP) is 11.5. The van der Waals surface area contributed by atoms with Crippen LogP contribution in [0.4, 0.5) is 28.4 Å². The van der Waals surface area contributed by atoms with Crippen LogP contribution in [0.5, 0.6) is 0 Å². The van der Waals surface area contributed by atoms with Crippen molar-refractivity contribution >= 4 is 107 Å². The quantitative estimate of drug-likeness (QED) is 0.167. The average molecular weight is 773 g/mol. The number of nitrogens with zero attached hydrogens (tertiary/aromatic N) is 4. The molecule has 10 aromatic rings. The topological polar surface area (TPSA) is 15.3 Å². The first-order chi connectivity index (χ1) is 29.7. The Morgan fingerprint density at radius 2 is 1.05 bits per heavy atom. The Bertz CT molecular complexity index is 3730. The molecule has 4 heterocycles. The monoisotopic (exact) mass is 772 g/mol. The van der Waals surface area contributed by atoms with E-state index in [1.807, 2.05) is 0 Å². The van der Waals surface area contributed by atoms with Gasteiger partial charge in [-0.3, -0.25) is 0 Å². The predicted molar refractivity (Wildman–Crippen MR) is 255 cm³/mol. The first-order valence-corrected chi connectivity index (χ1v) is 21.7. The van der Waals surface area contributed by atoms with Crippen LogP contribution in [0.3, 0.4) is 0 Å². The highest BCUT2D eigenvalue weighted by Crippen LogP contribution is 2.45. The summed E-state index contributed by atoms with van der Waals surface area (Å²) < 4.78 is 5.22. The second-order valence-electron chi connectivity index (χ2n) is 17.1. The molecule has 0 radical (unpaired) electrons. The lowest BCUT2D eigenvalue weighted by Gasteiger charge is -2.34. The van der Waals surface area contributed by atoms with Crippen molar-refractivity contribution in [3.05, 3.63) is 172 Å². The van der Waals surface area contributed by atoms with Crippen molar-refractivity contribution in [3.8, 4) is 0 Å². The maximum absolute atomic E-state index is 2.62. The molecule has 0 saturated carbocycles. The van der Waals surface area contributed by atoms with Crippen LogP contribution in [0, 0.1) is 13.8 Å². The maximum atomic E-state index is 2.62. The van der Waals surface area contributed by atoms with E-state index in [1.165, 1.54) is 115 Å². The van der Waals surface area contributed by atoms with Crippen LogP contribution >= 0.6 is 0 Å². The van der Waals surface area contributed by atoms with Crippen LogP contribution in [0.1, 0.15) is 43.2 Å². The molecule has 4 heteroatoms. The van der Waals surface area contributed by atoms with Crippen molar-refractivity contribution in [3.63, 3.8) is 0 Å². The van der Waals surface area contributed by atoms with E-state index in [1.54, 1.807) is 0 Å². The SMILES string of the molecule is Cc1ccccc1N(c1ccccc1)c1ccc2c3cc4c(cc3n3c5c(c1c23)=CCCC=5)c1ccc(N(c2ccccc2C)C2C=CC=CC2)c2c3c(n4c21)=CCCC=3. The van der Waals surface area contributed by atoms with Gasteiger partial charge in [-0.15, -0.1) is 0 Å². The molecule has 13 rings (SSSR count). The fraction of sp³-hybridized carbons (Fsp3) is 0.143. The molecule has 3 aliphatic rings. The number of para-hydroxylation sites is 3. The summed E-state index contributed by atoms with van der Waals surface area (Å²) in [5, 5.41) is 13.4. The number of anilines is 5. The van der Waals surface area contributed by atoms with Gasteiger partial charge in [-0.2, -0.15) is 0 Å². The highest BCUT2D eigenvalue weighted by Gasteiger charge is 2.29. The lowest BCUT2D eigenvalue weighted by molar-refractivity contribution is 0.785. The average Bonchev–Trinajstić information content (AvgIpc) is 4.02. The van der Waals surface area contributed by atoms with Crippen molar-refractivity contribution < 1.29 is 0 Å². The van der Waals surface area contributed by atoms with E-state index in [0.717, 1.165) is 32.1 Å². The zero-order chi connectivity index (χ0) is 39.6.